The molecule has 0 aliphatic heterocycles. The fourth-order valence-electron chi connectivity index (χ4n) is 2.27. The second-order valence-corrected chi connectivity index (χ2v) is 5.39. The first kappa shape index (κ1) is 18.0. The molecule has 1 aromatic carbocycles. The fraction of sp³-hybridized carbons (Fsp3) is 0.667. The molecule has 0 amide bonds. The van der Waals surface area contributed by atoms with E-state index in [0.29, 0.717) is 13.2 Å². The van der Waals surface area contributed by atoms with Crippen LogP contribution in [0.4, 0.5) is 0 Å². The second-order valence-electron chi connectivity index (χ2n) is 5.39. The number of aliphatic hydroxyl groups is 1. The molecule has 1 atom stereocenters. The van der Waals surface area contributed by atoms with Crippen molar-refractivity contribution in [3.8, 4) is 5.75 Å². The van der Waals surface area contributed by atoms with Crippen LogP contribution >= 0.6 is 0 Å². The highest BCUT2D eigenvalue weighted by Gasteiger charge is 2.07. The lowest BCUT2D eigenvalue weighted by atomic mass is 10.1. The molecule has 0 aromatic heterocycles. The van der Waals surface area contributed by atoms with E-state index in [1.165, 1.54) is 32.1 Å². The number of ether oxygens (including phenoxy) is 2. The van der Waals surface area contributed by atoms with Gasteiger partial charge in [-0.25, -0.2) is 0 Å². The molecule has 0 fully saturated rings. The lowest BCUT2D eigenvalue weighted by Crippen LogP contribution is -2.21. The normalized spacial score (nSPS) is 12.3. The highest BCUT2D eigenvalue weighted by atomic mass is 16.5. The molecule has 0 aliphatic rings. The van der Waals surface area contributed by atoms with Gasteiger partial charge in [0.1, 0.15) is 12.4 Å². The summed E-state index contributed by atoms with van der Waals surface area (Å²) in [4.78, 5) is 0. The van der Waals surface area contributed by atoms with Crippen molar-refractivity contribution in [2.75, 3.05) is 19.8 Å². The summed E-state index contributed by atoms with van der Waals surface area (Å²) in [5.74, 6) is 0.859. The third-order valence-corrected chi connectivity index (χ3v) is 3.53. The maximum absolute atomic E-state index is 9.32. The summed E-state index contributed by atoms with van der Waals surface area (Å²) < 4.78 is 11.2. The molecule has 3 heteroatoms. The van der Waals surface area contributed by atoms with Gasteiger partial charge in [0.25, 0.3) is 0 Å². The summed E-state index contributed by atoms with van der Waals surface area (Å²) in [6.45, 7) is 3.38. The Bertz CT molecular complexity index is 326. The van der Waals surface area contributed by atoms with Gasteiger partial charge in [0.2, 0.25) is 0 Å². The fourth-order valence-corrected chi connectivity index (χ4v) is 2.27. The van der Waals surface area contributed by atoms with Crippen molar-refractivity contribution in [1.82, 2.24) is 0 Å². The quantitative estimate of drug-likeness (QED) is 0.554. The zero-order chi connectivity index (χ0) is 15.2. The van der Waals surface area contributed by atoms with Crippen LogP contribution in [0.5, 0.6) is 5.75 Å². The highest BCUT2D eigenvalue weighted by molar-refractivity contribution is 5.20. The van der Waals surface area contributed by atoms with Crippen LogP contribution in [-0.2, 0) is 4.74 Å². The van der Waals surface area contributed by atoms with Gasteiger partial charge in [-0.05, 0) is 18.6 Å². The van der Waals surface area contributed by atoms with Crippen LogP contribution in [0.25, 0.3) is 0 Å². The number of unbranched alkanes of at least 4 members (excludes halogenated alkanes) is 5. The molecule has 0 bridgehead atoms. The molecule has 0 saturated carbocycles. The largest absolute Gasteiger partial charge is 0.491 e. The SMILES string of the molecule is CCCCCCCCC(CO)OCCOc1ccccc1. The Morgan fingerprint density at radius 2 is 1.67 bits per heavy atom. The number of hydrogen-bond acceptors (Lipinski definition) is 3. The molecule has 0 heterocycles. The summed E-state index contributed by atoms with van der Waals surface area (Å²) in [6.07, 6.45) is 8.49. The van der Waals surface area contributed by atoms with Gasteiger partial charge < -0.3 is 14.6 Å². The molecule has 120 valence electrons. The van der Waals surface area contributed by atoms with Crippen LogP contribution in [0.1, 0.15) is 51.9 Å². The molecule has 0 spiro atoms. The number of benzene rings is 1. The zero-order valence-electron chi connectivity index (χ0n) is 13.3. The molecule has 1 aromatic rings. The van der Waals surface area contributed by atoms with Crippen molar-refractivity contribution in [3.05, 3.63) is 30.3 Å². The minimum absolute atomic E-state index is 0.0458. The van der Waals surface area contributed by atoms with Crippen LogP contribution in [0.2, 0.25) is 0 Å². The van der Waals surface area contributed by atoms with Gasteiger partial charge in [-0.3, -0.25) is 0 Å². The van der Waals surface area contributed by atoms with Crippen LogP contribution in [-0.4, -0.2) is 31.0 Å². The molecule has 1 unspecified atom stereocenters. The maximum atomic E-state index is 9.32. The number of hydrogen-bond donors (Lipinski definition) is 1. The van der Waals surface area contributed by atoms with Crippen molar-refractivity contribution >= 4 is 0 Å². The first-order chi connectivity index (χ1) is 10.4. The summed E-state index contributed by atoms with van der Waals surface area (Å²) in [5.41, 5.74) is 0. The van der Waals surface area contributed by atoms with E-state index in [4.69, 9.17) is 9.47 Å². The van der Waals surface area contributed by atoms with Gasteiger partial charge in [-0.15, -0.1) is 0 Å². The molecule has 0 radical (unpaired) electrons. The van der Waals surface area contributed by atoms with Gasteiger partial charge in [0.05, 0.1) is 19.3 Å². The number of para-hydroxylation sites is 1. The molecule has 3 nitrogen and oxygen atoms in total. The Kier molecular flexibility index (Phi) is 10.8. The lowest BCUT2D eigenvalue weighted by molar-refractivity contribution is -0.00539. The summed E-state index contributed by atoms with van der Waals surface area (Å²) in [5, 5.41) is 9.32. The first-order valence-electron chi connectivity index (χ1n) is 8.27. The average Bonchev–Trinajstić information content (AvgIpc) is 2.53. The zero-order valence-corrected chi connectivity index (χ0v) is 13.3. The molecule has 21 heavy (non-hydrogen) atoms. The second kappa shape index (κ2) is 12.7. The number of rotatable bonds is 13. The third-order valence-electron chi connectivity index (χ3n) is 3.53. The van der Waals surface area contributed by atoms with E-state index in [1.54, 1.807) is 0 Å². The van der Waals surface area contributed by atoms with Crippen LogP contribution in [0, 0.1) is 0 Å². The van der Waals surface area contributed by atoms with Crippen molar-refractivity contribution in [2.45, 2.75) is 58.0 Å². The number of aliphatic hydroxyl groups excluding tert-OH is 1. The topological polar surface area (TPSA) is 38.7 Å². The molecular weight excluding hydrogens is 264 g/mol. The van der Waals surface area contributed by atoms with Gasteiger partial charge in [0.15, 0.2) is 0 Å². The van der Waals surface area contributed by atoms with E-state index in [2.05, 4.69) is 6.92 Å². The molecule has 1 N–H and O–H groups in total. The minimum Gasteiger partial charge on any atom is -0.491 e. The minimum atomic E-state index is -0.0458. The first-order valence-corrected chi connectivity index (χ1v) is 8.27. The lowest BCUT2D eigenvalue weighted by Gasteiger charge is -2.15. The van der Waals surface area contributed by atoms with Crippen molar-refractivity contribution in [1.29, 1.82) is 0 Å². The van der Waals surface area contributed by atoms with E-state index < -0.39 is 0 Å². The Labute approximate surface area is 129 Å². The molecule has 1 rings (SSSR count). The Balaban J connectivity index is 2.00. The summed E-state index contributed by atoms with van der Waals surface area (Å²) in [6, 6.07) is 9.72. The van der Waals surface area contributed by atoms with E-state index in [9.17, 15) is 5.11 Å². The van der Waals surface area contributed by atoms with Crippen LogP contribution in [0.15, 0.2) is 30.3 Å². The predicted octanol–water partition coefficient (Wildman–Crippen LogP) is 4.19. The summed E-state index contributed by atoms with van der Waals surface area (Å²) in [7, 11) is 0. The Hall–Kier alpha value is -1.06. The van der Waals surface area contributed by atoms with Crippen molar-refractivity contribution in [3.63, 3.8) is 0 Å². The van der Waals surface area contributed by atoms with Gasteiger partial charge in [-0.2, -0.15) is 0 Å². The van der Waals surface area contributed by atoms with E-state index in [1.807, 2.05) is 30.3 Å². The van der Waals surface area contributed by atoms with Crippen LogP contribution in [0.3, 0.4) is 0 Å². The average molecular weight is 294 g/mol. The molecular formula is C18H30O3. The van der Waals surface area contributed by atoms with Crippen LogP contribution < -0.4 is 4.74 Å². The molecule has 0 saturated heterocycles. The monoisotopic (exact) mass is 294 g/mol. The summed E-state index contributed by atoms with van der Waals surface area (Å²) >= 11 is 0. The van der Waals surface area contributed by atoms with Crippen molar-refractivity contribution < 1.29 is 14.6 Å². The third kappa shape index (κ3) is 9.48. The Morgan fingerprint density at radius 3 is 2.38 bits per heavy atom. The van der Waals surface area contributed by atoms with Gasteiger partial charge in [-0.1, -0.05) is 63.6 Å². The van der Waals surface area contributed by atoms with Gasteiger partial charge >= 0.3 is 0 Å². The van der Waals surface area contributed by atoms with Gasteiger partial charge in [0, 0.05) is 0 Å². The predicted molar refractivity (Wildman–Crippen MR) is 86.8 cm³/mol. The highest BCUT2D eigenvalue weighted by Crippen LogP contribution is 2.11. The van der Waals surface area contributed by atoms with E-state index in [-0.39, 0.29) is 12.7 Å². The smallest absolute Gasteiger partial charge is 0.119 e. The molecule has 0 aliphatic carbocycles. The van der Waals surface area contributed by atoms with Crippen molar-refractivity contribution in [2.24, 2.45) is 0 Å². The van der Waals surface area contributed by atoms with E-state index >= 15 is 0 Å². The van der Waals surface area contributed by atoms with E-state index in [0.717, 1.165) is 18.6 Å². The Morgan fingerprint density at radius 1 is 0.952 bits per heavy atom. The standard InChI is InChI=1S/C18H30O3/c1-2-3-4-5-6-8-13-18(16-19)21-15-14-20-17-11-9-7-10-12-17/h7,9-12,18-19H,2-6,8,13-16H2,1H3. The maximum Gasteiger partial charge on any atom is 0.119 e.